The maximum Gasteiger partial charge on any atom is 0.271 e. The van der Waals surface area contributed by atoms with E-state index in [-0.39, 0.29) is 5.56 Å². The number of ether oxygens (including phenoxy) is 1. The van der Waals surface area contributed by atoms with Crippen LogP contribution < -0.4 is 29.7 Å². The molecule has 178 valence electrons. The number of aromatic nitrogens is 2. The summed E-state index contributed by atoms with van der Waals surface area (Å²) >= 11 is 9.45. The first-order chi connectivity index (χ1) is 17.0. The summed E-state index contributed by atoms with van der Waals surface area (Å²) in [6, 6.07) is 15.5. The number of hydrogen-bond acceptors (Lipinski definition) is 7. The van der Waals surface area contributed by atoms with Crippen LogP contribution in [0.15, 0.2) is 70.6 Å². The lowest BCUT2D eigenvalue weighted by molar-refractivity contribution is 0.414. The van der Waals surface area contributed by atoms with Gasteiger partial charge in [0.15, 0.2) is 0 Å². The number of methoxy groups -OCH3 is 1. The zero-order chi connectivity index (χ0) is 24.5. The van der Waals surface area contributed by atoms with E-state index in [2.05, 4.69) is 15.2 Å². The van der Waals surface area contributed by atoms with Gasteiger partial charge in [0.05, 0.1) is 40.1 Å². The molecular weight excluding hydrogens is 500 g/mol. The third-order valence-electron chi connectivity index (χ3n) is 5.74. The highest BCUT2D eigenvalue weighted by Gasteiger charge is 2.25. The summed E-state index contributed by atoms with van der Waals surface area (Å²) in [6.07, 6.45) is 5.53. The van der Waals surface area contributed by atoms with Crippen molar-refractivity contribution in [2.75, 3.05) is 24.4 Å². The van der Waals surface area contributed by atoms with Crippen molar-refractivity contribution in [3.63, 3.8) is 0 Å². The first-order valence-electron chi connectivity index (χ1n) is 11.0. The van der Waals surface area contributed by atoms with Crippen LogP contribution in [0.1, 0.15) is 12.5 Å². The molecule has 0 aliphatic carbocycles. The number of thioether (sulfide) groups is 1. The summed E-state index contributed by atoms with van der Waals surface area (Å²) in [6.45, 7) is 2.56. The number of halogens is 1. The maximum atomic E-state index is 13.5. The van der Waals surface area contributed by atoms with E-state index in [0.717, 1.165) is 47.5 Å². The second-order valence-corrected chi connectivity index (χ2v) is 10.3. The molecule has 1 aliphatic rings. The van der Waals surface area contributed by atoms with E-state index in [4.69, 9.17) is 16.3 Å². The van der Waals surface area contributed by atoms with Crippen LogP contribution in [0.3, 0.4) is 0 Å². The van der Waals surface area contributed by atoms with Gasteiger partial charge in [-0.3, -0.25) is 14.3 Å². The summed E-state index contributed by atoms with van der Waals surface area (Å²) < 4.78 is 8.79. The standard InChI is InChI=1S/C26H23ClN4O2S2/c1-4-31-23(13-16-11-12-28-15-20(16)29-19-8-6-5-7-18(19)27)35-24(25(31)32)26-30(2)21-14-17(33-3)9-10-22(21)34-26/h5-15,29H,4H2,1-3H3/b23-13-,26-24+. The van der Waals surface area contributed by atoms with Crippen molar-refractivity contribution in [3.8, 4) is 5.75 Å². The molecule has 0 atom stereocenters. The lowest BCUT2D eigenvalue weighted by atomic mass is 10.2. The van der Waals surface area contributed by atoms with Gasteiger partial charge in [-0.1, -0.05) is 35.5 Å². The van der Waals surface area contributed by atoms with Crippen LogP contribution in [0, 0.1) is 0 Å². The largest absolute Gasteiger partial charge is 0.497 e. The smallest absolute Gasteiger partial charge is 0.271 e. The molecule has 35 heavy (non-hydrogen) atoms. The number of para-hydroxylation sites is 1. The topological polar surface area (TPSA) is 59.4 Å². The molecule has 0 bridgehead atoms. The van der Waals surface area contributed by atoms with E-state index < -0.39 is 0 Å². The number of hydrogen-bond donors (Lipinski definition) is 1. The van der Waals surface area contributed by atoms with Crippen molar-refractivity contribution in [3.05, 3.63) is 91.1 Å². The molecule has 0 fully saturated rings. The van der Waals surface area contributed by atoms with Crippen LogP contribution >= 0.6 is 34.7 Å². The average Bonchev–Trinajstić information content (AvgIpc) is 3.36. The Morgan fingerprint density at radius 1 is 1.17 bits per heavy atom. The molecule has 5 rings (SSSR count). The quantitative estimate of drug-likeness (QED) is 0.403. The molecule has 0 saturated carbocycles. The Labute approximate surface area is 216 Å². The van der Waals surface area contributed by atoms with E-state index in [9.17, 15) is 4.79 Å². The number of pyridine rings is 1. The van der Waals surface area contributed by atoms with Gasteiger partial charge in [-0.05, 0) is 43.3 Å². The predicted octanol–water partition coefficient (Wildman–Crippen LogP) is 4.87. The van der Waals surface area contributed by atoms with Gasteiger partial charge in [0.2, 0.25) is 0 Å². The molecule has 1 N–H and O–H groups in total. The summed E-state index contributed by atoms with van der Waals surface area (Å²) in [7, 11) is 3.64. The van der Waals surface area contributed by atoms with Crippen molar-refractivity contribution >= 4 is 62.9 Å². The maximum absolute atomic E-state index is 13.5. The van der Waals surface area contributed by atoms with Crippen molar-refractivity contribution in [1.29, 1.82) is 0 Å². The molecule has 0 amide bonds. The number of nitrogens with one attached hydrogen (secondary N) is 1. The fourth-order valence-corrected chi connectivity index (χ4v) is 6.53. The Morgan fingerprint density at radius 2 is 2.00 bits per heavy atom. The van der Waals surface area contributed by atoms with Crippen LogP contribution in [0.5, 0.6) is 5.75 Å². The van der Waals surface area contributed by atoms with Crippen LogP contribution in [-0.4, -0.2) is 23.7 Å². The van der Waals surface area contributed by atoms with Crippen molar-refractivity contribution < 1.29 is 4.74 Å². The minimum atomic E-state index is 0.00698. The normalized spacial score (nSPS) is 14.9. The Kier molecular flexibility index (Phi) is 6.60. The van der Waals surface area contributed by atoms with E-state index in [0.29, 0.717) is 11.6 Å². The molecule has 2 aromatic heterocycles. The van der Waals surface area contributed by atoms with Gasteiger partial charge >= 0.3 is 0 Å². The van der Waals surface area contributed by atoms with Gasteiger partial charge < -0.3 is 15.0 Å². The van der Waals surface area contributed by atoms with Gasteiger partial charge in [-0.2, -0.15) is 0 Å². The SMILES string of the molecule is CCn1c(=O)/c(=C2\Sc3ccc(OC)cc3N2C)s/c1=C\c1ccncc1Nc1ccccc1Cl. The van der Waals surface area contributed by atoms with Crippen LogP contribution in [0.25, 0.3) is 11.1 Å². The molecule has 1 aliphatic heterocycles. The van der Waals surface area contributed by atoms with Gasteiger partial charge in [0.25, 0.3) is 5.56 Å². The molecule has 0 unspecified atom stereocenters. The summed E-state index contributed by atoms with van der Waals surface area (Å²) in [5, 5.41) is 4.92. The molecule has 3 heterocycles. The Morgan fingerprint density at radius 3 is 2.77 bits per heavy atom. The van der Waals surface area contributed by atoms with E-state index >= 15 is 0 Å². The van der Waals surface area contributed by atoms with E-state index in [1.807, 2.05) is 73.1 Å². The van der Waals surface area contributed by atoms with Gasteiger partial charge in [-0.25, -0.2) is 0 Å². The highest BCUT2D eigenvalue weighted by Crippen LogP contribution is 2.46. The second kappa shape index (κ2) is 9.81. The highest BCUT2D eigenvalue weighted by atomic mass is 35.5. The monoisotopic (exact) mass is 522 g/mol. The summed E-state index contributed by atoms with van der Waals surface area (Å²) in [5.74, 6) is 0.792. The number of thiazole rings is 1. The third kappa shape index (κ3) is 4.45. The summed E-state index contributed by atoms with van der Waals surface area (Å²) in [4.78, 5) is 20.9. The van der Waals surface area contributed by atoms with Crippen molar-refractivity contribution in [2.45, 2.75) is 18.4 Å². The first-order valence-corrected chi connectivity index (χ1v) is 13.0. The van der Waals surface area contributed by atoms with Gasteiger partial charge in [0, 0.05) is 36.3 Å². The van der Waals surface area contributed by atoms with Gasteiger partial charge in [-0.15, -0.1) is 11.3 Å². The lowest BCUT2D eigenvalue weighted by Gasteiger charge is -2.13. The Hall–Kier alpha value is -3.20. The zero-order valence-corrected chi connectivity index (χ0v) is 21.8. The molecule has 9 heteroatoms. The molecular formula is C26H23ClN4O2S2. The predicted molar refractivity (Wildman–Crippen MR) is 147 cm³/mol. The molecule has 0 spiro atoms. The molecule has 4 aromatic rings. The van der Waals surface area contributed by atoms with E-state index in [1.165, 1.54) is 11.3 Å². The summed E-state index contributed by atoms with van der Waals surface area (Å²) in [5.41, 5.74) is 3.56. The Balaban J connectivity index is 1.62. The number of rotatable bonds is 5. The van der Waals surface area contributed by atoms with Crippen molar-refractivity contribution in [1.82, 2.24) is 9.55 Å². The van der Waals surface area contributed by atoms with Crippen LogP contribution in [0.2, 0.25) is 5.02 Å². The molecule has 2 aromatic carbocycles. The average molecular weight is 523 g/mol. The molecule has 6 nitrogen and oxygen atoms in total. The van der Waals surface area contributed by atoms with Crippen LogP contribution in [-0.2, 0) is 6.54 Å². The highest BCUT2D eigenvalue weighted by molar-refractivity contribution is 8.08. The fraction of sp³-hybridized carbons (Fsp3) is 0.154. The lowest BCUT2D eigenvalue weighted by Crippen LogP contribution is -2.33. The van der Waals surface area contributed by atoms with Crippen LogP contribution in [0.4, 0.5) is 17.1 Å². The third-order valence-corrected chi connectivity index (χ3v) is 8.55. The Bertz CT molecular complexity index is 1600. The van der Waals surface area contributed by atoms with Gasteiger partial charge in [0.1, 0.15) is 15.3 Å². The fourth-order valence-electron chi connectivity index (χ4n) is 3.90. The minimum Gasteiger partial charge on any atom is -0.497 e. The molecule has 0 saturated heterocycles. The molecule has 0 radical (unpaired) electrons. The number of anilines is 3. The minimum absolute atomic E-state index is 0.00698. The number of nitrogens with zero attached hydrogens (tertiary/aromatic N) is 3. The number of benzene rings is 2. The number of fused-ring (bicyclic) bond motifs is 1. The second-order valence-electron chi connectivity index (χ2n) is 7.83. The van der Waals surface area contributed by atoms with E-state index in [1.54, 1.807) is 31.3 Å². The zero-order valence-electron chi connectivity index (χ0n) is 19.4. The van der Waals surface area contributed by atoms with Crippen molar-refractivity contribution in [2.24, 2.45) is 0 Å². The first kappa shape index (κ1) is 23.5.